The van der Waals surface area contributed by atoms with E-state index in [4.69, 9.17) is 4.42 Å². The smallest absolute Gasteiger partial charge is 0.297 e. The highest BCUT2D eigenvalue weighted by Crippen LogP contribution is 2.46. The molecule has 2 aliphatic rings. The number of rotatable bonds is 2. The van der Waals surface area contributed by atoms with Gasteiger partial charge in [0.2, 0.25) is 0 Å². The number of hydrogen-bond acceptors (Lipinski definition) is 2. The molecule has 0 bridgehead atoms. The quantitative estimate of drug-likeness (QED) is 0.180. The van der Waals surface area contributed by atoms with E-state index in [2.05, 4.69) is 172 Å². The molecule has 4 nitrogen and oxygen atoms in total. The number of fused-ring (bicyclic) bond motifs is 13. The van der Waals surface area contributed by atoms with Crippen molar-refractivity contribution in [3.8, 4) is 11.4 Å². The summed E-state index contributed by atoms with van der Waals surface area (Å²) in [7, 11) is 0. The van der Waals surface area contributed by atoms with Crippen molar-refractivity contribution in [2.24, 2.45) is 0 Å². The minimum Gasteiger partial charge on any atom is -0.468 e. The number of furan rings is 1. The van der Waals surface area contributed by atoms with Crippen molar-refractivity contribution in [2.45, 2.75) is 0 Å². The highest BCUT2D eigenvalue weighted by Gasteiger charge is 2.45. The normalized spacial score (nSPS) is 13.2. The van der Waals surface area contributed by atoms with Gasteiger partial charge in [-0.3, -0.25) is 0 Å². The Morgan fingerprint density at radius 1 is 0.429 bits per heavy atom. The van der Waals surface area contributed by atoms with Crippen LogP contribution in [0.5, 0.6) is 0 Å². The van der Waals surface area contributed by atoms with Gasteiger partial charge in [-0.2, -0.15) is 0 Å². The molecular formula is C44H26BN3O. The van der Waals surface area contributed by atoms with Gasteiger partial charge in [0.05, 0.1) is 27.9 Å². The largest absolute Gasteiger partial charge is 0.468 e. The maximum Gasteiger partial charge on any atom is 0.297 e. The van der Waals surface area contributed by atoms with Crippen molar-refractivity contribution in [1.82, 2.24) is 9.13 Å². The lowest BCUT2D eigenvalue weighted by molar-refractivity contribution is 0.651. The molecule has 5 heterocycles. The first-order chi connectivity index (χ1) is 24.4. The van der Waals surface area contributed by atoms with Gasteiger partial charge in [-0.1, -0.05) is 103 Å². The number of nitrogens with zero attached hydrogens (tertiary/aromatic N) is 3. The highest BCUT2D eigenvalue weighted by molar-refractivity contribution is 7.00. The van der Waals surface area contributed by atoms with E-state index in [-0.39, 0.29) is 6.71 Å². The number of para-hydroxylation sites is 5. The molecule has 0 spiro atoms. The lowest BCUT2D eigenvalue weighted by Gasteiger charge is -2.37. The molecule has 0 N–H and O–H groups in total. The molecule has 0 radical (unpaired) electrons. The lowest BCUT2D eigenvalue weighted by Crippen LogP contribution is -2.59. The van der Waals surface area contributed by atoms with Crippen LogP contribution in [0.25, 0.3) is 66.0 Å². The summed E-state index contributed by atoms with van der Waals surface area (Å²) < 4.78 is 12.0. The van der Waals surface area contributed by atoms with Crippen LogP contribution in [0.3, 0.4) is 0 Å². The summed E-state index contributed by atoms with van der Waals surface area (Å²) in [5, 5.41) is 6.16. The molecular weight excluding hydrogens is 597 g/mol. The first kappa shape index (κ1) is 25.6. The van der Waals surface area contributed by atoms with E-state index in [9.17, 15) is 0 Å². The Balaban J connectivity index is 1.30. The zero-order valence-corrected chi connectivity index (χ0v) is 26.3. The number of anilines is 3. The van der Waals surface area contributed by atoms with Crippen LogP contribution in [-0.4, -0.2) is 15.8 Å². The van der Waals surface area contributed by atoms with Crippen LogP contribution in [0.1, 0.15) is 0 Å². The topological polar surface area (TPSA) is 26.2 Å². The van der Waals surface area contributed by atoms with Crippen molar-refractivity contribution < 1.29 is 4.42 Å². The van der Waals surface area contributed by atoms with E-state index < -0.39 is 0 Å². The van der Waals surface area contributed by atoms with Gasteiger partial charge < -0.3 is 18.5 Å². The van der Waals surface area contributed by atoms with E-state index in [0.29, 0.717) is 0 Å². The monoisotopic (exact) mass is 623 g/mol. The molecule has 5 heteroatoms. The average Bonchev–Trinajstić information content (AvgIpc) is 3.83. The van der Waals surface area contributed by atoms with Crippen LogP contribution in [0.2, 0.25) is 0 Å². The molecule has 0 saturated heterocycles. The second kappa shape index (κ2) is 9.12. The summed E-state index contributed by atoms with van der Waals surface area (Å²) in [5.41, 5.74) is 15.2. The fraction of sp³-hybridized carbons (Fsp3) is 0. The maximum atomic E-state index is 6.94. The Morgan fingerprint density at radius 3 is 1.88 bits per heavy atom. The van der Waals surface area contributed by atoms with Crippen LogP contribution >= 0.6 is 0 Å². The van der Waals surface area contributed by atoms with Crippen LogP contribution in [0.4, 0.5) is 17.1 Å². The van der Waals surface area contributed by atoms with Gasteiger partial charge in [0.1, 0.15) is 5.58 Å². The predicted octanol–water partition coefficient (Wildman–Crippen LogP) is 9.24. The average molecular weight is 624 g/mol. The zero-order chi connectivity index (χ0) is 31.8. The molecule has 0 aliphatic carbocycles. The van der Waals surface area contributed by atoms with Gasteiger partial charge >= 0.3 is 0 Å². The molecule has 7 aromatic carbocycles. The maximum absolute atomic E-state index is 6.94. The first-order valence-corrected chi connectivity index (χ1v) is 16.9. The summed E-state index contributed by atoms with van der Waals surface area (Å²) in [4.78, 5) is 2.42. The molecule has 226 valence electrons. The minimum atomic E-state index is -0.0513. The van der Waals surface area contributed by atoms with Crippen LogP contribution in [0, 0.1) is 0 Å². The van der Waals surface area contributed by atoms with Crippen LogP contribution in [-0.2, 0) is 0 Å². The Kier molecular flexibility index (Phi) is 4.77. The third kappa shape index (κ3) is 3.11. The van der Waals surface area contributed by atoms with Crippen molar-refractivity contribution in [1.29, 1.82) is 0 Å². The van der Waals surface area contributed by atoms with Crippen molar-refractivity contribution in [3.63, 3.8) is 0 Å². The lowest BCUT2D eigenvalue weighted by atomic mass is 9.36. The van der Waals surface area contributed by atoms with E-state index in [0.717, 1.165) is 33.7 Å². The summed E-state index contributed by atoms with van der Waals surface area (Å²) in [5.74, 6) is 0. The van der Waals surface area contributed by atoms with Gasteiger partial charge in [-0.05, 0) is 65.5 Å². The minimum absolute atomic E-state index is 0.0513. The third-order valence-corrected chi connectivity index (χ3v) is 10.9. The third-order valence-electron chi connectivity index (χ3n) is 10.9. The molecule has 49 heavy (non-hydrogen) atoms. The molecule has 0 unspecified atom stereocenters. The standard InChI is InChI=1S/C44H26BN3O/c1-3-13-27(14-4-1)46-35-21-9-7-17-29(35)31-25-26-32-30-19-11-20-34-40(30)48(42(32)41(31)46)37-23-12-22-36-39(37)45(34)44-43(33-18-8-10-24-38(33)49-44)47(36)28-15-5-2-6-16-28/h1-26H. The fourth-order valence-electron chi connectivity index (χ4n) is 9.04. The molecule has 0 fully saturated rings. The van der Waals surface area contributed by atoms with E-state index in [1.54, 1.807) is 0 Å². The van der Waals surface area contributed by atoms with Crippen molar-refractivity contribution in [3.05, 3.63) is 158 Å². The van der Waals surface area contributed by atoms with Gasteiger partial charge in [0, 0.05) is 55.2 Å². The van der Waals surface area contributed by atoms with Crippen molar-refractivity contribution >= 4 is 94.9 Å². The summed E-state index contributed by atoms with van der Waals surface area (Å²) >= 11 is 0. The highest BCUT2D eigenvalue weighted by atomic mass is 16.3. The summed E-state index contributed by atoms with van der Waals surface area (Å²) in [6.45, 7) is -0.0513. The van der Waals surface area contributed by atoms with E-state index >= 15 is 0 Å². The molecule has 2 aliphatic heterocycles. The van der Waals surface area contributed by atoms with Gasteiger partial charge in [0.25, 0.3) is 6.71 Å². The zero-order valence-electron chi connectivity index (χ0n) is 26.3. The molecule has 10 aromatic rings. The molecule has 0 amide bonds. The molecule has 0 atom stereocenters. The molecule has 3 aromatic heterocycles. The van der Waals surface area contributed by atoms with Gasteiger partial charge in [-0.25, -0.2) is 0 Å². The molecule has 12 rings (SSSR count). The second-order valence-corrected chi connectivity index (χ2v) is 13.2. The molecule has 0 saturated carbocycles. The number of aromatic nitrogens is 2. The summed E-state index contributed by atoms with van der Waals surface area (Å²) in [6.07, 6.45) is 0. The number of hydrogen-bond donors (Lipinski definition) is 0. The van der Waals surface area contributed by atoms with Crippen LogP contribution in [0.15, 0.2) is 162 Å². The predicted molar refractivity (Wildman–Crippen MR) is 204 cm³/mol. The van der Waals surface area contributed by atoms with Gasteiger partial charge in [-0.15, -0.1) is 0 Å². The van der Waals surface area contributed by atoms with E-state index in [1.165, 1.54) is 65.9 Å². The Labute approximate surface area is 281 Å². The van der Waals surface area contributed by atoms with Crippen molar-refractivity contribution in [2.75, 3.05) is 4.90 Å². The van der Waals surface area contributed by atoms with E-state index in [1.807, 2.05) is 0 Å². The SMILES string of the molecule is c1ccc(N2c3cccc4c3B(c3oc5ccccc5c32)c2cccc3c5ccc6c7ccccc7n(-c7ccccc7)c6c5n-4c23)cc1. The van der Waals surface area contributed by atoms with Gasteiger partial charge in [0.15, 0.2) is 0 Å². The first-order valence-electron chi connectivity index (χ1n) is 16.9. The fourth-order valence-corrected chi connectivity index (χ4v) is 9.04. The summed E-state index contributed by atoms with van der Waals surface area (Å²) in [6, 6.07) is 57.2. The number of benzene rings is 7. The Hall–Kier alpha value is -6.46. The Bertz CT molecular complexity index is 3010. The van der Waals surface area contributed by atoms with Crippen LogP contribution < -0.4 is 21.5 Å². The Morgan fingerprint density at radius 2 is 1.04 bits per heavy atom. The second-order valence-electron chi connectivity index (χ2n) is 13.2.